The first-order valence-corrected chi connectivity index (χ1v) is 18.7. The van der Waals surface area contributed by atoms with Crippen molar-refractivity contribution in [2.45, 2.75) is 155 Å². The third-order valence-electron chi connectivity index (χ3n) is 8.00. The fourth-order valence-electron chi connectivity index (χ4n) is 5.65. The average Bonchev–Trinajstić information content (AvgIpc) is 2.88. The van der Waals surface area contributed by atoms with Crippen molar-refractivity contribution in [1.82, 2.24) is 0 Å². The normalized spacial score (nSPS) is 12.0. The van der Waals surface area contributed by atoms with Crippen LogP contribution < -0.4 is 17.2 Å². The Kier molecular flexibility index (Phi) is 29.1. The molecule has 0 heterocycles. The van der Waals surface area contributed by atoms with Gasteiger partial charge in [-0.25, -0.2) is 0 Å². The molecule has 0 saturated heterocycles. The highest BCUT2D eigenvalue weighted by Crippen LogP contribution is 2.60. The summed E-state index contributed by atoms with van der Waals surface area (Å²) in [5.41, 5.74) is 17.6. The first kappa shape index (κ1) is 35.3. The van der Waals surface area contributed by atoms with Crippen LogP contribution in [0.25, 0.3) is 0 Å². The van der Waals surface area contributed by atoms with E-state index in [4.69, 9.17) is 17.2 Å². The van der Waals surface area contributed by atoms with Gasteiger partial charge in [0.1, 0.15) is 0 Å². The highest BCUT2D eigenvalue weighted by Gasteiger charge is 2.34. The molecule has 0 aromatic heterocycles. The fourth-order valence-corrected chi connectivity index (χ4v) is 10.4. The minimum absolute atomic E-state index is 0.840. The largest absolute Gasteiger partial charge is 0.330 e. The summed E-state index contributed by atoms with van der Waals surface area (Å²) in [5, 5.41) is 0. The molecule has 0 bridgehead atoms. The second kappa shape index (κ2) is 28.9. The van der Waals surface area contributed by atoms with Gasteiger partial charge in [-0.3, -0.25) is 0 Å². The standard InChI is InChI=1S/C31H69N3P/c1-2-3-4-5-6-7-8-9-10-11-12-13-14-15-16-17-18-19-20-21-28-35(29-22-25-32,30-23-26-33)31-24-27-34/h2-34H2,1H3/q+1. The summed E-state index contributed by atoms with van der Waals surface area (Å²) >= 11 is 0. The van der Waals surface area contributed by atoms with Crippen LogP contribution in [0.5, 0.6) is 0 Å². The maximum atomic E-state index is 5.87. The number of hydrogen-bond donors (Lipinski definition) is 3. The van der Waals surface area contributed by atoms with E-state index in [0.29, 0.717) is 0 Å². The molecule has 0 fully saturated rings. The Morgan fingerprint density at radius 1 is 0.314 bits per heavy atom. The van der Waals surface area contributed by atoms with Crippen LogP contribution in [0.1, 0.15) is 155 Å². The van der Waals surface area contributed by atoms with Crippen molar-refractivity contribution in [3.05, 3.63) is 0 Å². The molecule has 0 unspecified atom stereocenters. The molecule has 0 aliphatic heterocycles. The molecule has 35 heavy (non-hydrogen) atoms. The van der Waals surface area contributed by atoms with Gasteiger partial charge in [-0.1, -0.05) is 122 Å². The highest BCUT2D eigenvalue weighted by molar-refractivity contribution is 7.75. The Hall–Kier alpha value is 0.310. The van der Waals surface area contributed by atoms with Crippen molar-refractivity contribution in [3.63, 3.8) is 0 Å². The molecule has 4 heteroatoms. The summed E-state index contributed by atoms with van der Waals surface area (Å²) < 4.78 is 0. The van der Waals surface area contributed by atoms with Crippen molar-refractivity contribution in [2.75, 3.05) is 44.3 Å². The Labute approximate surface area is 223 Å². The van der Waals surface area contributed by atoms with Gasteiger partial charge in [0.2, 0.25) is 0 Å². The van der Waals surface area contributed by atoms with E-state index in [-0.39, 0.29) is 0 Å². The lowest BCUT2D eigenvalue weighted by Gasteiger charge is -2.28. The van der Waals surface area contributed by atoms with Gasteiger partial charge in [0.15, 0.2) is 0 Å². The van der Waals surface area contributed by atoms with Gasteiger partial charge in [0.05, 0.1) is 24.6 Å². The van der Waals surface area contributed by atoms with Crippen LogP contribution >= 0.6 is 7.26 Å². The van der Waals surface area contributed by atoms with Crippen molar-refractivity contribution in [2.24, 2.45) is 17.2 Å². The summed E-state index contributed by atoms with van der Waals surface area (Å²) in [6.45, 7) is 4.82. The predicted octanol–water partition coefficient (Wildman–Crippen LogP) is 8.87. The lowest BCUT2D eigenvalue weighted by molar-refractivity contribution is 0.523. The van der Waals surface area contributed by atoms with E-state index in [0.717, 1.165) is 19.6 Å². The summed E-state index contributed by atoms with van der Waals surface area (Å²) in [6, 6.07) is 0. The maximum absolute atomic E-state index is 5.87. The molecule has 0 radical (unpaired) electrons. The first-order chi connectivity index (χ1) is 17.2. The number of nitrogens with two attached hydrogens (primary N) is 3. The van der Waals surface area contributed by atoms with Gasteiger partial charge in [0.25, 0.3) is 0 Å². The predicted molar refractivity (Wildman–Crippen MR) is 165 cm³/mol. The summed E-state index contributed by atoms with van der Waals surface area (Å²) in [6.07, 6.45) is 38.3. The SMILES string of the molecule is CCCCCCCCCCCCCCCCCCCCCC[P+](CCCN)(CCCN)CCCN. The first-order valence-electron chi connectivity index (χ1n) is 16.2. The van der Waals surface area contributed by atoms with Gasteiger partial charge < -0.3 is 17.2 Å². The van der Waals surface area contributed by atoms with Crippen molar-refractivity contribution < 1.29 is 0 Å². The summed E-state index contributed by atoms with van der Waals surface area (Å²) in [7, 11) is -0.880. The van der Waals surface area contributed by atoms with E-state index in [2.05, 4.69) is 6.92 Å². The van der Waals surface area contributed by atoms with Gasteiger partial charge in [-0.05, 0) is 51.7 Å². The van der Waals surface area contributed by atoms with E-state index in [9.17, 15) is 0 Å². The molecular weight excluding hydrogens is 445 g/mol. The zero-order valence-electron chi connectivity index (χ0n) is 24.4. The monoisotopic (exact) mass is 515 g/mol. The summed E-state index contributed by atoms with van der Waals surface area (Å²) in [5.74, 6) is 0. The Morgan fingerprint density at radius 2 is 0.543 bits per heavy atom. The van der Waals surface area contributed by atoms with E-state index >= 15 is 0 Å². The van der Waals surface area contributed by atoms with E-state index < -0.39 is 7.26 Å². The van der Waals surface area contributed by atoms with Gasteiger partial charge in [0, 0.05) is 7.26 Å². The van der Waals surface area contributed by atoms with E-state index in [1.807, 2.05) is 0 Å². The molecule has 0 atom stereocenters. The smallest absolute Gasteiger partial charge is 0.0606 e. The van der Waals surface area contributed by atoms with Crippen LogP contribution in [0.15, 0.2) is 0 Å². The van der Waals surface area contributed by atoms with Crippen molar-refractivity contribution >= 4 is 7.26 Å². The Bertz CT molecular complexity index is 370. The highest BCUT2D eigenvalue weighted by atomic mass is 31.2. The number of unbranched alkanes of at least 4 members (excludes halogenated alkanes) is 19. The zero-order chi connectivity index (χ0) is 25.7. The zero-order valence-corrected chi connectivity index (χ0v) is 25.3. The molecule has 0 saturated carbocycles. The van der Waals surface area contributed by atoms with Crippen LogP contribution in [0.3, 0.4) is 0 Å². The molecule has 0 aromatic carbocycles. The molecule has 0 amide bonds. The maximum Gasteiger partial charge on any atom is 0.0606 e. The molecule has 3 nitrogen and oxygen atoms in total. The minimum Gasteiger partial charge on any atom is -0.330 e. The van der Waals surface area contributed by atoms with Crippen molar-refractivity contribution in [1.29, 1.82) is 0 Å². The van der Waals surface area contributed by atoms with E-state index in [1.165, 1.54) is 172 Å². The minimum atomic E-state index is -0.880. The van der Waals surface area contributed by atoms with Gasteiger partial charge in [-0.15, -0.1) is 0 Å². The number of hydrogen-bond acceptors (Lipinski definition) is 3. The van der Waals surface area contributed by atoms with Crippen LogP contribution in [0.4, 0.5) is 0 Å². The van der Waals surface area contributed by atoms with Gasteiger partial charge in [-0.2, -0.15) is 0 Å². The molecule has 0 spiro atoms. The lowest BCUT2D eigenvalue weighted by atomic mass is 10.0. The molecular formula is C31H69N3P+. The fraction of sp³-hybridized carbons (Fsp3) is 1.00. The molecule has 0 rings (SSSR count). The van der Waals surface area contributed by atoms with Crippen molar-refractivity contribution in [3.8, 4) is 0 Å². The summed E-state index contributed by atoms with van der Waals surface area (Å²) in [4.78, 5) is 0. The second-order valence-electron chi connectivity index (χ2n) is 11.4. The Morgan fingerprint density at radius 3 is 0.800 bits per heavy atom. The van der Waals surface area contributed by atoms with E-state index in [1.54, 1.807) is 0 Å². The third-order valence-corrected chi connectivity index (χ3v) is 13.1. The van der Waals surface area contributed by atoms with Crippen LogP contribution in [0.2, 0.25) is 0 Å². The second-order valence-corrected chi connectivity index (χ2v) is 15.9. The quantitative estimate of drug-likeness (QED) is 0.0661. The lowest BCUT2D eigenvalue weighted by Crippen LogP contribution is -2.18. The molecule has 6 N–H and O–H groups in total. The Balaban J connectivity index is 3.57. The van der Waals surface area contributed by atoms with Crippen LogP contribution in [-0.4, -0.2) is 44.3 Å². The number of rotatable bonds is 30. The average molecular weight is 515 g/mol. The topological polar surface area (TPSA) is 78.1 Å². The van der Waals surface area contributed by atoms with Crippen LogP contribution in [0, 0.1) is 0 Å². The molecule has 0 aliphatic carbocycles. The molecule has 0 aromatic rings. The van der Waals surface area contributed by atoms with Crippen LogP contribution in [-0.2, 0) is 0 Å². The molecule has 0 aliphatic rings. The molecule has 212 valence electrons. The van der Waals surface area contributed by atoms with Gasteiger partial charge >= 0.3 is 0 Å². The third kappa shape index (κ3) is 24.4.